The van der Waals surface area contributed by atoms with Gasteiger partial charge >= 0.3 is 0 Å². The van der Waals surface area contributed by atoms with E-state index in [0.717, 1.165) is 49.8 Å². The number of aliphatic hydroxyl groups is 1. The van der Waals surface area contributed by atoms with Crippen molar-refractivity contribution in [2.45, 2.75) is 159 Å². The lowest BCUT2D eigenvalue weighted by Gasteiger charge is -2.40. The van der Waals surface area contributed by atoms with Gasteiger partial charge in [-0.3, -0.25) is 5.41 Å². The van der Waals surface area contributed by atoms with Crippen molar-refractivity contribution in [3.63, 3.8) is 0 Å². The Bertz CT molecular complexity index is 1110. The first kappa shape index (κ1) is 39.8. The van der Waals surface area contributed by atoms with Crippen molar-refractivity contribution in [2.75, 3.05) is 6.54 Å². The number of hydrogen-bond acceptors (Lipinski definition) is 3. The number of aliphatic hydroxyl groups excluding tert-OH is 1. The molecule has 3 rings (SSSR count). The summed E-state index contributed by atoms with van der Waals surface area (Å²) in [5.74, 6) is 4.96. The van der Waals surface area contributed by atoms with E-state index in [-0.39, 0.29) is 17.3 Å². The molecule has 0 radical (unpaired) electrons. The highest BCUT2D eigenvalue weighted by atomic mass is 16.3. The largest absolute Gasteiger partial charge is 0.392 e. The summed E-state index contributed by atoms with van der Waals surface area (Å²) in [4.78, 5) is 0. The molecule has 3 nitrogen and oxygen atoms in total. The molecular formula is C44H76N2O. The van der Waals surface area contributed by atoms with Crippen LogP contribution in [0.15, 0.2) is 47.2 Å². The molecule has 2 bridgehead atoms. The maximum absolute atomic E-state index is 11.8. The molecule has 268 valence electrons. The van der Waals surface area contributed by atoms with E-state index in [4.69, 9.17) is 0 Å². The maximum Gasteiger partial charge on any atom is 0.0770 e. The number of hydrogen-bond donors (Lipinski definition) is 3. The van der Waals surface area contributed by atoms with Gasteiger partial charge in [0.15, 0.2) is 0 Å². The molecule has 0 aromatic carbocycles. The van der Waals surface area contributed by atoms with Crippen molar-refractivity contribution in [3.8, 4) is 0 Å². The van der Waals surface area contributed by atoms with E-state index >= 15 is 0 Å². The van der Waals surface area contributed by atoms with Crippen molar-refractivity contribution in [1.29, 1.82) is 5.41 Å². The Morgan fingerprint density at radius 1 is 1.09 bits per heavy atom. The lowest BCUT2D eigenvalue weighted by molar-refractivity contribution is 0.0444. The molecule has 3 aliphatic rings. The quantitative estimate of drug-likeness (QED) is 0.260. The third-order valence-electron chi connectivity index (χ3n) is 13.2. The Balaban J connectivity index is 1.88. The summed E-state index contributed by atoms with van der Waals surface area (Å²) in [5, 5.41) is 24.8. The summed E-state index contributed by atoms with van der Waals surface area (Å²) >= 11 is 0. The van der Waals surface area contributed by atoms with Crippen LogP contribution < -0.4 is 5.32 Å². The summed E-state index contributed by atoms with van der Waals surface area (Å²) in [5.41, 5.74) is 5.56. The van der Waals surface area contributed by atoms with Crippen molar-refractivity contribution < 1.29 is 5.11 Å². The molecule has 10 atom stereocenters. The summed E-state index contributed by atoms with van der Waals surface area (Å²) in [6, 6.07) is 0. The minimum absolute atomic E-state index is 0.0883. The molecule has 6 unspecified atom stereocenters. The fraction of sp³-hybridized carbons (Fsp3) is 0.795. The second-order valence-electron chi connectivity index (χ2n) is 17.7. The van der Waals surface area contributed by atoms with Gasteiger partial charge in [0.25, 0.3) is 0 Å². The molecule has 0 aromatic rings. The van der Waals surface area contributed by atoms with Gasteiger partial charge in [-0.15, -0.1) is 0 Å². The van der Waals surface area contributed by atoms with Crippen LogP contribution in [0, 0.1) is 64.1 Å². The molecule has 2 aliphatic carbocycles. The van der Waals surface area contributed by atoms with Gasteiger partial charge < -0.3 is 10.4 Å². The van der Waals surface area contributed by atoms with Crippen LogP contribution in [0.3, 0.4) is 0 Å². The Morgan fingerprint density at radius 3 is 2.40 bits per heavy atom. The van der Waals surface area contributed by atoms with Crippen LogP contribution in [0.5, 0.6) is 0 Å². The van der Waals surface area contributed by atoms with Gasteiger partial charge in [-0.25, -0.2) is 0 Å². The van der Waals surface area contributed by atoms with Gasteiger partial charge in [-0.05, 0) is 150 Å². The topological polar surface area (TPSA) is 56.1 Å². The van der Waals surface area contributed by atoms with Gasteiger partial charge in [-0.1, -0.05) is 96.8 Å². The predicted octanol–water partition coefficient (Wildman–Crippen LogP) is 12.1. The molecule has 1 aliphatic heterocycles. The third-order valence-corrected chi connectivity index (χ3v) is 13.2. The zero-order valence-corrected chi connectivity index (χ0v) is 32.6. The molecule has 47 heavy (non-hydrogen) atoms. The van der Waals surface area contributed by atoms with Gasteiger partial charge in [-0.2, -0.15) is 0 Å². The minimum Gasteiger partial charge on any atom is -0.392 e. The second kappa shape index (κ2) is 18.4. The fourth-order valence-electron chi connectivity index (χ4n) is 8.86. The van der Waals surface area contributed by atoms with Crippen molar-refractivity contribution in [3.05, 3.63) is 47.2 Å². The van der Waals surface area contributed by atoms with Gasteiger partial charge in [0.2, 0.25) is 0 Å². The zero-order valence-electron chi connectivity index (χ0n) is 32.6. The van der Waals surface area contributed by atoms with E-state index in [1.54, 1.807) is 0 Å². The van der Waals surface area contributed by atoms with Crippen LogP contribution in [-0.4, -0.2) is 23.5 Å². The van der Waals surface area contributed by atoms with Gasteiger partial charge in [0.05, 0.1) is 17.5 Å². The second-order valence-corrected chi connectivity index (χ2v) is 17.7. The van der Waals surface area contributed by atoms with Crippen molar-refractivity contribution in [1.82, 2.24) is 5.32 Å². The van der Waals surface area contributed by atoms with Crippen LogP contribution in [0.1, 0.15) is 153 Å². The first-order valence-corrected chi connectivity index (χ1v) is 19.9. The molecule has 1 heterocycles. The monoisotopic (exact) mass is 649 g/mol. The molecule has 3 N–H and O–H groups in total. The Labute approximate surface area is 292 Å². The molecule has 0 spiro atoms. The van der Waals surface area contributed by atoms with Crippen LogP contribution >= 0.6 is 0 Å². The zero-order chi connectivity index (χ0) is 34.9. The van der Waals surface area contributed by atoms with Crippen LogP contribution in [-0.2, 0) is 0 Å². The van der Waals surface area contributed by atoms with E-state index < -0.39 is 6.10 Å². The van der Waals surface area contributed by atoms with Gasteiger partial charge in [0, 0.05) is 12.5 Å². The average molecular weight is 649 g/mol. The van der Waals surface area contributed by atoms with Crippen LogP contribution in [0.25, 0.3) is 0 Å². The lowest BCUT2D eigenvalue weighted by Crippen LogP contribution is -2.32. The van der Waals surface area contributed by atoms with Gasteiger partial charge in [0.1, 0.15) is 0 Å². The Hall–Kier alpha value is -1.61. The molecule has 3 heteroatoms. The van der Waals surface area contributed by atoms with Crippen LogP contribution in [0.2, 0.25) is 0 Å². The molecular weight excluding hydrogens is 572 g/mol. The standard InChI is InChI=1S/C44H76N2O/c1-12-30(4)16-19-39-25-32(6)26-41(45)42(29(2)3)46-28-40(38-21-22-38)20-18-37-14-13-23-44(11,27-37)34(8)24-31(5)15-17-33(7)35(9)43(47)36(39)10/h13,23,26,30-31,34-40,43,45-47H,7,12,14-22,24-25,27-28H2,1-6,8-11H3/b32-26+,45-41?/t30-,31?,34?,35?,36-,37?,39?,40?,43-,44-/m1/s1. The van der Waals surface area contributed by atoms with E-state index in [1.807, 2.05) is 0 Å². The summed E-state index contributed by atoms with van der Waals surface area (Å²) in [6.45, 7) is 28.6. The molecule has 0 aromatic heterocycles. The van der Waals surface area contributed by atoms with Crippen LogP contribution in [0.4, 0.5) is 0 Å². The Morgan fingerprint density at radius 2 is 1.77 bits per heavy atom. The lowest BCUT2D eigenvalue weighted by atomic mass is 9.65. The molecule has 1 saturated carbocycles. The normalized spacial score (nSPS) is 37.9. The van der Waals surface area contributed by atoms with Crippen molar-refractivity contribution in [2.24, 2.45) is 58.7 Å². The van der Waals surface area contributed by atoms with E-state index in [2.05, 4.69) is 99.4 Å². The molecule has 0 saturated heterocycles. The number of nitrogens with one attached hydrogen (secondary N) is 2. The minimum atomic E-state index is -0.398. The fourth-order valence-corrected chi connectivity index (χ4v) is 8.86. The first-order valence-electron chi connectivity index (χ1n) is 19.9. The maximum atomic E-state index is 11.8. The summed E-state index contributed by atoms with van der Waals surface area (Å²) in [7, 11) is 0. The van der Waals surface area contributed by atoms with E-state index in [1.165, 1.54) is 74.5 Å². The highest BCUT2D eigenvalue weighted by Crippen LogP contribution is 2.46. The average Bonchev–Trinajstić information content (AvgIpc) is 3.87. The number of fused-ring (bicyclic) bond motifs is 2. The van der Waals surface area contributed by atoms with E-state index in [9.17, 15) is 10.5 Å². The summed E-state index contributed by atoms with van der Waals surface area (Å²) < 4.78 is 0. The Kier molecular flexibility index (Phi) is 15.6. The molecule has 1 fully saturated rings. The highest BCUT2D eigenvalue weighted by Gasteiger charge is 2.36. The van der Waals surface area contributed by atoms with E-state index in [0.29, 0.717) is 35.3 Å². The van der Waals surface area contributed by atoms with Crippen molar-refractivity contribution >= 4 is 5.71 Å². The SMILES string of the molecule is C=C1CCC(C)CC(C)[C@]2(C)C=CCC(CCC(C3CC3)CNC(=C(C)C)C(=N)/C=C(\C)CC(CC[C@H](C)CC)[C@@H](C)[C@H](O)C1C)C2. The highest BCUT2D eigenvalue weighted by molar-refractivity contribution is 6.06. The summed E-state index contributed by atoms with van der Waals surface area (Å²) in [6.07, 6.45) is 22.5. The smallest absolute Gasteiger partial charge is 0.0770 e. The number of allylic oxidation sites excluding steroid dienone is 5. The third kappa shape index (κ3) is 12.0. The molecule has 0 amide bonds. The first-order chi connectivity index (χ1) is 22.1. The predicted molar refractivity (Wildman–Crippen MR) is 206 cm³/mol. The number of rotatable bonds is 5.